The Hall–Kier alpha value is -0.990. The minimum absolute atomic E-state index is 0.00973. The Morgan fingerprint density at radius 2 is 1.86 bits per heavy atom. The van der Waals surface area contributed by atoms with E-state index in [1.807, 2.05) is 6.92 Å². The van der Waals surface area contributed by atoms with E-state index in [0.717, 1.165) is 25.7 Å². The molecule has 7 heteroatoms. The lowest BCUT2D eigenvalue weighted by atomic mass is 9.57. The molecule has 2 aliphatic heterocycles. The Labute approximate surface area is 166 Å². The van der Waals surface area contributed by atoms with Crippen molar-refractivity contribution in [1.29, 1.82) is 0 Å². The van der Waals surface area contributed by atoms with Gasteiger partial charge in [-0.25, -0.2) is 9.68 Å². The maximum absolute atomic E-state index is 11.7. The van der Waals surface area contributed by atoms with Crippen LogP contribution in [-0.2, 0) is 23.9 Å². The van der Waals surface area contributed by atoms with Gasteiger partial charge in [-0.3, -0.25) is 5.26 Å². The van der Waals surface area contributed by atoms with Crippen LogP contribution in [0.4, 0.5) is 0 Å². The van der Waals surface area contributed by atoms with Crippen LogP contribution in [0.1, 0.15) is 52.9 Å². The highest BCUT2D eigenvalue weighted by Gasteiger charge is 2.64. The van der Waals surface area contributed by atoms with Crippen molar-refractivity contribution < 1.29 is 34.3 Å². The van der Waals surface area contributed by atoms with E-state index in [1.54, 1.807) is 0 Å². The summed E-state index contributed by atoms with van der Waals surface area (Å²) in [6.07, 6.45) is 1.80. The fraction of sp³-hybridized carbons (Fsp3) is 0.857. The molecule has 160 valence electrons. The maximum Gasteiger partial charge on any atom is 0.335 e. The summed E-state index contributed by atoms with van der Waals surface area (Å²) in [5, 5.41) is 20.6. The number of methoxy groups -OCH3 is 1. The van der Waals surface area contributed by atoms with Gasteiger partial charge in [0.25, 0.3) is 0 Å². The van der Waals surface area contributed by atoms with Crippen LogP contribution < -0.4 is 0 Å². The smallest absolute Gasteiger partial charge is 0.335 e. The van der Waals surface area contributed by atoms with Crippen LogP contribution in [0, 0.1) is 23.7 Å². The Morgan fingerprint density at radius 3 is 2.50 bits per heavy atom. The molecular formula is C21H34O7. The maximum atomic E-state index is 11.7. The number of aliphatic hydroxyl groups is 1. The Balaban J connectivity index is 1.88. The predicted molar refractivity (Wildman–Crippen MR) is 101 cm³/mol. The number of carbonyl (C=O) groups excluding carboxylic acids is 1. The van der Waals surface area contributed by atoms with Gasteiger partial charge in [0, 0.05) is 12.3 Å². The van der Waals surface area contributed by atoms with E-state index in [2.05, 4.69) is 25.2 Å². The zero-order chi connectivity index (χ0) is 20.6. The molecule has 0 unspecified atom stereocenters. The zero-order valence-electron chi connectivity index (χ0n) is 17.3. The molecule has 1 aliphatic carbocycles. The van der Waals surface area contributed by atoms with Gasteiger partial charge in [-0.15, -0.1) is 0 Å². The molecule has 2 saturated heterocycles. The first-order chi connectivity index (χ1) is 13.3. The van der Waals surface area contributed by atoms with Crippen molar-refractivity contribution in [2.45, 2.75) is 83.1 Å². The highest BCUT2D eigenvalue weighted by atomic mass is 17.1. The van der Waals surface area contributed by atoms with E-state index in [-0.39, 0.29) is 42.0 Å². The largest absolute Gasteiger partial charge is 0.466 e. The highest BCUT2D eigenvalue weighted by Crippen LogP contribution is 2.56. The van der Waals surface area contributed by atoms with Crippen molar-refractivity contribution in [3.8, 4) is 0 Å². The number of ether oxygens (including phenoxy) is 3. The summed E-state index contributed by atoms with van der Waals surface area (Å²) < 4.78 is 17.1. The minimum Gasteiger partial charge on any atom is -0.466 e. The van der Waals surface area contributed by atoms with Gasteiger partial charge in [0.1, 0.15) is 0 Å². The molecule has 28 heavy (non-hydrogen) atoms. The molecular weight excluding hydrogens is 364 g/mol. The molecule has 0 spiro atoms. The lowest BCUT2D eigenvalue weighted by molar-refractivity contribution is -0.445. The summed E-state index contributed by atoms with van der Waals surface area (Å²) in [4.78, 5) is 17.0. The normalized spacial score (nSPS) is 44.1. The quantitative estimate of drug-likeness (QED) is 0.318. The van der Waals surface area contributed by atoms with Gasteiger partial charge in [0.2, 0.25) is 0 Å². The molecule has 0 amide bonds. The van der Waals surface area contributed by atoms with Gasteiger partial charge in [-0.1, -0.05) is 20.4 Å². The molecule has 0 aromatic rings. The van der Waals surface area contributed by atoms with Crippen molar-refractivity contribution in [3.63, 3.8) is 0 Å². The van der Waals surface area contributed by atoms with Crippen LogP contribution in [0.2, 0.25) is 0 Å². The van der Waals surface area contributed by atoms with Gasteiger partial charge in [-0.05, 0) is 50.4 Å². The predicted octanol–water partition coefficient (Wildman–Crippen LogP) is 2.92. The molecule has 3 aliphatic rings. The lowest BCUT2D eigenvalue weighted by Gasteiger charge is -2.58. The SMILES string of the molecule is C=C(C(=O)OC)[C@H](O)C[C@H]1O[C@@H]2O[C@@H](C)CC[C@H]3[C@H](C)CC[C@@H]([C@H]1C)[C@@]23OO. The standard InChI is InChI=1S/C21H34O7/c1-11-6-8-16-13(3)18(10-17(22)14(4)19(23)25-5)27-20-21(16,28-24)15(11)9-7-12(2)26-20/h11-13,15-18,20,22,24H,4,6-10H2,1-3,5H3/t11-,12+,13-,15+,16+,17-,18-,20+,21-/m1/s1. The third-order valence-electron chi connectivity index (χ3n) is 7.37. The van der Waals surface area contributed by atoms with E-state index >= 15 is 0 Å². The van der Waals surface area contributed by atoms with E-state index in [9.17, 15) is 15.2 Å². The van der Waals surface area contributed by atoms with Crippen molar-refractivity contribution >= 4 is 5.97 Å². The van der Waals surface area contributed by atoms with Crippen LogP contribution in [0.5, 0.6) is 0 Å². The molecule has 0 radical (unpaired) electrons. The minimum atomic E-state index is -1.07. The number of esters is 1. The summed E-state index contributed by atoms with van der Waals surface area (Å²) in [5.74, 6) is -0.0434. The van der Waals surface area contributed by atoms with Crippen molar-refractivity contribution in [3.05, 3.63) is 12.2 Å². The number of rotatable bonds is 5. The van der Waals surface area contributed by atoms with Crippen LogP contribution in [0.15, 0.2) is 12.2 Å². The first kappa shape index (κ1) is 21.7. The molecule has 7 nitrogen and oxygen atoms in total. The monoisotopic (exact) mass is 398 g/mol. The van der Waals surface area contributed by atoms with Crippen molar-refractivity contribution in [2.75, 3.05) is 7.11 Å². The third kappa shape index (κ3) is 3.52. The van der Waals surface area contributed by atoms with E-state index < -0.39 is 24.0 Å². The fourth-order valence-electron chi connectivity index (χ4n) is 5.68. The number of hydrogen-bond acceptors (Lipinski definition) is 7. The fourth-order valence-corrected chi connectivity index (χ4v) is 5.68. The second kappa shape index (κ2) is 8.40. The van der Waals surface area contributed by atoms with Gasteiger partial charge in [0.05, 0.1) is 31.0 Å². The van der Waals surface area contributed by atoms with Crippen LogP contribution >= 0.6 is 0 Å². The van der Waals surface area contributed by atoms with Crippen LogP contribution in [-0.4, -0.2) is 53.6 Å². The Morgan fingerprint density at radius 1 is 1.18 bits per heavy atom. The summed E-state index contributed by atoms with van der Waals surface area (Å²) >= 11 is 0. The molecule has 3 rings (SSSR count). The number of carbonyl (C=O) groups is 1. The molecule has 9 atom stereocenters. The highest BCUT2D eigenvalue weighted by molar-refractivity contribution is 5.88. The molecule has 2 N–H and O–H groups in total. The molecule has 0 aromatic heterocycles. The second-order valence-corrected chi connectivity index (χ2v) is 8.87. The first-order valence-corrected chi connectivity index (χ1v) is 10.3. The van der Waals surface area contributed by atoms with Crippen molar-refractivity contribution in [1.82, 2.24) is 0 Å². The second-order valence-electron chi connectivity index (χ2n) is 8.87. The average molecular weight is 398 g/mol. The summed E-state index contributed by atoms with van der Waals surface area (Å²) in [7, 11) is 1.26. The van der Waals surface area contributed by atoms with Gasteiger partial charge >= 0.3 is 5.97 Å². The average Bonchev–Trinajstić information content (AvgIpc) is 2.83. The van der Waals surface area contributed by atoms with Crippen molar-refractivity contribution in [2.24, 2.45) is 23.7 Å². The Bertz CT molecular complexity index is 593. The summed E-state index contributed by atoms with van der Waals surface area (Å²) in [6, 6.07) is 0. The lowest BCUT2D eigenvalue weighted by Crippen LogP contribution is -2.67. The molecule has 1 saturated carbocycles. The molecule has 0 bridgehead atoms. The topological polar surface area (TPSA) is 94.5 Å². The van der Waals surface area contributed by atoms with Crippen LogP contribution in [0.25, 0.3) is 0 Å². The van der Waals surface area contributed by atoms with Gasteiger partial charge in [-0.2, -0.15) is 0 Å². The Kier molecular flexibility index (Phi) is 6.51. The van der Waals surface area contributed by atoms with E-state index in [1.165, 1.54) is 7.11 Å². The molecule has 3 fully saturated rings. The zero-order valence-corrected chi connectivity index (χ0v) is 17.3. The van der Waals surface area contributed by atoms with Crippen LogP contribution in [0.3, 0.4) is 0 Å². The number of aliphatic hydroxyl groups excluding tert-OH is 1. The van der Waals surface area contributed by atoms with E-state index in [4.69, 9.17) is 14.4 Å². The number of hydrogen-bond donors (Lipinski definition) is 2. The molecule has 0 aromatic carbocycles. The van der Waals surface area contributed by atoms with Gasteiger partial charge in [0.15, 0.2) is 11.9 Å². The molecule has 2 heterocycles. The van der Waals surface area contributed by atoms with E-state index in [0.29, 0.717) is 5.92 Å². The summed E-state index contributed by atoms with van der Waals surface area (Å²) in [6.45, 7) is 9.92. The third-order valence-corrected chi connectivity index (χ3v) is 7.37. The first-order valence-electron chi connectivity index (χ1n) is 10.3. The van der Waals surface area contributed by atoms with Gasteiger partial charge < -0.3 is 19.3 Å². The summed E-state index contributed by atoms with van der Waals surface area (Å²) in [5.41, 5.74) is -0.887.